The molecule has 0 bridgehead atoms. The van der Waals surface area contributed by atoms with Crippen molar-refractivity contribution in [3.05, 3.63) is 0 Å². The van der Waals surface area contributed by atoms with Gasteiger partial charge in [0.05, 0.1) is 19.3 Å². The number of nitrogens with zero attached hydrogens (tertiary/aromatic N) is 1. The molecule has 0 N–H and O–H groups in total. The topological polar surface area (TPSA) is 60.4 Å². The smallest absolute Gasteiger partial charge is 0.261 e. The van der Waals surface area contributed by atoms with Crippen LogP contribution >= 0.6 is 0 Å². The lowest BCUT2D eigenvalue weighted by molar-refractivity contribution is -0.941. The molecule has 5 heteroatoms. The number of rotatable bonds is 8. The first-order valence-electron chi connectivity index (χ1n) is 10.7. The number of carbonyl (C=O) groups excluding carboxylic acids is 3. The third-order valence-electron chi connectivity index (χ3n) is 6.01. The second-order valence-corrected chi connectivity index (χ2v) is 8.19. The summed E-state index contributed by atoms with van der Waals surface area (Å²) < 4.78 is -0.791. The van der Waals surface area contributed by atoms with Crippen LogP contribution in [0.15, 0.2) is 0 Å². The first-order valence-corrected chi connectivity index (χ1v) is 10.7. The highest BCUT2D eigenvalue weighted by Gasteiger charge is 2.50. The van der Waals surface area contributed by atoms with Crippen molar-refractivity contribution in [2.24, 2.45) is 5.92 Å². The average molecular weight is 367 g/mol. The van der Waals surface area contributed by atoms with E-state index in [1.54, 1.807) is 0 Å². The molecule has 1 saturated carbocycles. The highest BCUT2D eigenvalue weighted by atomic mass is 16.8. The van der Waals surface area contributed by atoms with E-state index in [9.17, 15) is 14.4 Å². The quantitative estimate of drug-likeness (QED) is 0.351. The minimum Gasteiger partial charge on any atom is -0.261 e. The third-order valence-corrected chi connectivity index (χ3v) is 6.01. The van der Waals surface area contributed by atoms with Crippen LogP contribution in [-0.4, -0.2) is 29.5 Å². The van der Waals surface area contributed by atoms with E-state index in [1.165, 1.54) is 71.3 Å². The Hall–Kier alpha value is -1.23. The number of amides is 2. The number of hydroxylamine groups is 3. The van der Waals surface area contributed by atoms with Gasteiger partial charge in [0.2, 0.25) is 0 Å². The number of quaternary nitrogens is 1. The van der Waals surface area contributed by atoms with E-state index in [4.69, 9.17) is 4.84 Å². The summed E-state index contributed by atoms with van der Waals surface area (Å²) in [6.45, 7) is 0. The van der Waals surface area contributed by atoms with Gasteiger partial charge in [0, 0.05) is 0 Å². The fourth-order valence-corrected chi connectivity index (χ4v) is 4.19. The minimum absolute atomic E-state index is 0.170. The Morgan fingerprint density at radius 1 is 0.885 bits per heavy atom. The number of imide groups is 1. The molecule has 2 rings (SSSR count). The van der Waals surface area contributed by atoms with Crippen LogP contribution in [0.25, 0.3) is 0 Å². The Morgan fingerprint density at radius 2 is 1.42 bits per heavy atom. The molecule has 1 aliphatic heterocycles. The van der Waals surface area contributed by atoms with Gasteiger partial charge in [-0.3, -0.25) is 4.84 Å². The lowest BCUT2D eigenvalue weighted by atomic mass is 9.91. The second-order valence-electron chi connectivity index (χ2n) is 8.19. The maximum absolute atomic E-state index is 11.9. The number of likely N-dealkylation sites (tertiary alicyclic amines) is 1. The molecule has 0 aromatic heterocycles. The summed E-state index contributed by atoms with van der Waals surface area (Å²) >= 11 is 0. The maximum Gasteiger partial charge on any atom is 0.368 e. The first kappa shape index (κ1) is 21.1. The summed E-state index contributed by atoms with van der Waals surface area (Å²) in [5.74, 6) is -0.182. The highest BCUT2D eigenvalue weighted by Crippen LogP contribution is 2.26. The number of hydrogen-bond acceptors (Lipinski definition) is 4. The zero-order valence-electron chi connectivity index (χ0n) is 16.5. The minimum atomic E-state index is -0.791. The van der Waals surface area contributed by atoms with Crippen molar-refractivity contribution in [1.82, 2.24) is 0 Å². The fourth-order valence-electron chi connectivity index (χ4n) is 4.19. The van der Waals surface area contributed by atoms with Gasteiger partial charge in [0.25, 0.3) is 0 Å². The van der Waals surface area contributed by atoms with E-state index in [1.807, 2.05) is 0 Å². The second kappa shape index (κ2) is 10.8. The Morgan fingerprint density at radius 3 is 2.04 bits per heavy atom. The number of unbranched alkanes of at least 4 members (excludes halogenated alkanes) is 3. The zero-order chi connectivity index (χ0) is 18.8. The molecule has 26 heavy (non-hydrogen) atoms. The summed E-state index contributed by atoms with van der Waals surface area (Å²) in [7, 11) is 1.38. The third kappa shape index (κ3) is 6.49. The van der Waals surface area contributed by atoms with Gasteiger partial charge in [-0.05, 0) is 17.0 Å². The Balaban J connectivity index is 1.55. The normalized spacial score (nSPS) is 21.9. The summed E-state index contributed by atoms with van der Waals surface area (Å²) in [6.07, 6.45) is 17.3. The van der Waals surface area contributed by atoms with Crippen molar-refractivity contribution in [3.63, 3.8) is 0 Å². The van der Waals surface area contributed by atoms with E-state index < -0.39 is 10.6 Å². The van der Waals surface area contributed by atoms with Gasteiger partial charge in [0.15, 0.2) is 0 Å². The molecule has 1 saturated heterocycles. The molecule has 1 aliphatic carbocycles. The van der Waals surface area contributed by atoms with Gasteiger partial charge >= 0.3 is 17.8 Å². The molecule has 2 amide bonds. The lowest BCUT2D eigenvalue weighted by Crippen LogP contribution is -2.49. The van der Waals surface area contributed by atoms with Crippen molar-refractivity contribution in [2.75, 3.05) is 7.05 Å². The van der Waals surface area contributed by atoms with Crippen LogP contribution in [0.5, 0.6) is 0 Å². The predicted molar refractivity (Wildman–Crippen MR) is 99.7 cm³/mol. The fraction of sp³-hybridized carbons (Fsp3) is 0.857. The van der Waals surface area contributed by atoms with Crippen LogP contribution in [0.1, 0.15) is 103 Å². The van der Waals surface area contributed by atoms with Crippen LogP contribution in [-0.2, 0) is 19.2 Å². The van der Waals surface area contributed by atoms with Gasteiger partial charge in [-0.2, -0.15) is 0 Å². The number of hydrogen-bond donors (Lipinski definition) is 0. The molecule has 0 unspecified atom stereocenters. The first-order chi connectivity index (χ1) is 12.5. The van der Waals surface area contributed by atoms with Crippen molar-refractivity contribution >= 4 is 17.8 Å². The van der Waals surface area contributed by atoms with Gasteiger partial charge in [0.1, 0.15) is 7.05 Å². The van der Waals surface area contributed by atoms with E-state index in [-0.39, 0.29) is 31.1 Å². The van der Waals surface area contributed by atoms with Crippen LogP contribution in [0.4, 0.5) is 0 Å². The van der Waals surface area contributed by atoms with Crippen molar-refractivity contribution in [3.8, 4) is 0 Å². The number of carbonyl (C=O) groups is 3. The maximum atomic E-state index is 11.9. The summed E-state index contributed by atoms with van der Waals surface area (Å²) in [6, 6.07) is 0. The molecule has 0 atom stereocenters. The van der Waals surface area contributed by atoms with E-state index in [0.717, 1.165) is 25.2 Å². The van der Waals surface area contributed by atoms with Crippen LogP contribution < -0.4 is 0 Å². The van der Waals surface area contributed by atoms with Gasteiger partial charge < -0.3 is 0 Å². The molecule has 2 fully saturated rings. The van der Waals surface area contributed by atoms with E-state index >= 15 is 0 Å². The molecule has 148 valence electrons. The molecule has 1 heterocycles. The lowest BCUT2D eigenvalue weighted by Gasteiger charge is -2.19. The predicted octanol–water partition coefficient (Wildman–Crippen LogP) is 4.83. The molecule has 0 radical (unpaired) electrons. The van der Waals surface area contributed by atoms with Crippen LogP contribution in [0, 0.1) is 5.92 Å². The van der Waals surface area contributed by atoms with Crippen molar-refractivity contribution in [2.45, 2.75) is 103 Å². The average Bonchev–Trinajstić information content (AvgIpc) is 2.94. The molecular weight excluding hydrogens is 330 g/mol. The molecule has 2 aliphatic rings. The largest absolute Gasteiger partial charge is 0.368 e. The Kier molecular flexibility index (Phi) is 8.76. The van der Waals surface area contributed by atoms with Crippen LogP contribution in [0.2, 0.25) is 0 Å². The van der Waals surface area contributed by atoms with Gasteiger partial charge in [-0.15, -0.1) is 0 Å². The summed E-state index contributed by atoms with van der Waals surface area (Å²) in [4.78, 5) is 40.6. The van der Waals surface area contributed by atoms with E-state index in [2.05, 4.69) is 0 Å². The van der Waals surface area contributed by atoms with E-state index in [0.29, 0.717) is 0 Å². The summed E-state index contributed by atoms with van der Waals surface area (Å²) in [5.41, 5.74) is 0. The Labute approximate surface area is 158 Å². The van der Waals surface area contributed by atoms with Gasteiger partial charge in [-0.1, -0.05) is 77.0 Å². The Bertz CT molecular complexity index is 462. The molecule has 0 spiro atoms. The molecule has 5 nitrogen and oxygen atoms in total. The molecule has 0 aromatic carbocycles. The SMILES string of the molecule is C[N+]1(OC(=O)CCCCCCC2CCCCCCCC2)C(=O)CCC1=O. The summed E-state index contributed by atoms with van der Waals surface area (Å²) in [5, 5.41) is 0. The monoisotopic (exact) mass is 366 g/mol. The molecular formula is C21H36NO4+. The molecule has 0 aromatic rings. The van der Waals surface area contributed by atoms with Gasteiger partial charge in [-0.25, -0.2) is 14.4 Å². The van der Waals surface area contributed by atoms with Crippen molar-refractivity contribution < 1.29 is 23.9 Å². The zero-order valence-corrected chi connectivity index (χ0v) is 16.5. The standard InChI is InChI=1S/C21H36NO4/c1-22(19(23)16-17-20(22)24)26-21(25)15-11-7-6-10-14-18-12-8-4-2-3-5-9-13-18/h18H,2-17H2,1H3/q+1. The van der Waals surface area contributed by atoms with Crippen LogP contribution in [0.3, 0.4) is 0 Å². The van der Waals surface area contributed by atoms with Crippen molar-refractivity contribution in [1.29, 1.82) is 0 Å². The highest BCUT2D eigenvalue weighted by molar-refractivity contribution is 5.91.